The van der Waals surface area contributed by atoms with Crippen LogP contribution in [0.4, 0.5) is 5.69 Å². The molecule has 1 fully saturated rings. The number of pyridine rings is 1. The Hall–Kier alpha value is -1.61. The lowest BCUT2D eigenvalue weighted by Crippen LogP contribution is -2.22. The van der Waals surface area contributed by atoms with Crippen LogP contribution in [0.2, 0.25) is 0 Å². The van der Waals surface area contributed by atoms with E-state index in [1.807, 2.05) is 6.20 Å². The lowest BCUT2D eigenvalue weighted by Gasteiger charge is -2.15. The van der Waals surface area contributed by atoms with Gasteiger partial charge in [-0.25, -0.2) is 0 Å². The van der Waals surface area contributed by atoms with Gasteiger partial charge in [0.1, 0.15) is 0 Å². The van der Waals surface area contributed by atoms with Crippen molar-refractivity contribution in [1.29, 1.82) is 0 Å². The normalized spacial score (nSPS) is 19.7. The first-order valence-electron chi connectivity index (χ1n) is 6.15. The molecule has 1 unspecified atom stereocenters. The number of aromatic nitrogens is 1. The van der Waals surface area contributed by atoms with E-state index in [2.05, 4.69) is 46.8 Å². The fourth-order valence-corrected chi connectivity index (χ4v) is 2.38. The molecule has 0 aliphatic carbocycles. The van der Waals surface area contributed by atoms with Crippen molar-refractivity contribution in [2.24, 2.45) is 0 Å². The second-order valence-electron chi connectivity index (χ2n) is 4.72. The Bertz CT molecular complexity index is 530. The van der Waals surface area contributed by atoms with Gasteiger partial charge >= 0.3 is 0 Å². The molecule has 2 N–H and O–H groups in total. The van der Waals surface area contributed by atoms with Crippen LogP contribution in [0.3, 0.4) is 0 Å². The average Bonchev–Trinajstić information content (AvgIpc) is 2.83. The van der Waals surface area contributed by atoms with Crippen LogP contribution in [0.5, 0.6) is 0 Å². The van der Waals surface area contributed by atoms with Crippen molar-refractivity contribution in [2.75, 3.05) is 18.4 Å². The molecule has 3 nitrogen and oxygen atoms in total. The van der Waals surface area contributed by atoms with E-state index in [-0.39, 0.29) is 0 Å². The molecule has 0 spiro atoms. The molecule has 1 aromatic heterocycles. The van der Waals surface area contributed by atoms with Gasteiger partial charge < -0.3 is 10.6 Å². The minimum atomic E-state index is 0.543. The number of rotatable bonds is 2. The topological polar surface area (TPSA) is 37.0 Å². The summed E-state index contributed by atoms with van der Waals surface area (Å²) in [7, 11) is 0. The fourth-order valence-electron chi connectivity index (χ4n) is 2.38. The predicted octanol–water partition coefficient (Wildman–Crippen LogP) is 2.32. The number of nitrogens with zero attached hydrogens (tertiary/aromatic N) is 1. The molecule has 1 saturated heterocycles. The first-order valence-corrected chi connectivity index (χ1v) is 6.15. The highest BCUT2D eigenvalue weighted by Crippen LogP contribution is 2.24. The molecular formula is C14H17N3. The van der Waals surface area contributed by atoms with Crippen LogP contribution in [0.15, 0.2) is 30.5 Å². The number of hydrogen-bond acceptors (Lipinski definition) is 3. The average molecular weight is 227 g/mol. The number of aryl methyl sites for hydroxylation is 1. The van der Waals surface area contributed by atoms with Gasteiger partial charge in [0.2, 0.25) is 0 Å². The second kappa shape index (κ2) is 4.34. The van der Waals surface area contributed by atoms with Crippen molar-refractivity contribution < 1.29 is 0 Å². The van der Waals surface area contributed by atoms with Gasteiger partial charge in [0.15, 0.2) is 0 Å². The summed E-state index contributed by atoms with van der Waals surface area (Å²) in [5, 5.41) is 8.20. The lowest BCUT2D eigenvalue weighted by atomic mass is 10.1. The Kier molecular flexibility index (Phi) is 2.69. The predicted molar refractivity (Wildman–Crippen MR) is 71.4 cm³/mol. The zero-order valence-electron chi connectivity index (χ0n) is 10.0. The summed E-state index contributed by atoms with van der Waals surface area (Å²) in [5.41, 5.74) is 3.47. The van der Waals surface area contributed by atoms with Crippen LogP contribution in [-0.2, 0) is 0 Å². The molecule has 1 aromatic carbocycles. The second-order valence-corrected chi connectivity index (χ2v) is 4.72. The van der Waals surface area contributed by atoms with Gasteiger partial charge in [-0.1, -0.05) is 6.07 Å². The van der Waals surface area contributed by atoms with E-state index in [1.165, 1.54) is 23.1 Å². The van der Waals surface area contributed by atoms with Crippen LogP contribution < -0.4 is 10.6 Å². The first-order chi connectivity index (χ1) is 8.33. The zero-order chi connectivity index (χ0) is 11.7. The summed E-state index contributed by atoms with van der Waals surface area (Å²) >= 11 is 0. The quantitative estimate of drug-likeness (QED) is 0.826. The van der Waals surface area contributed by atoms with Crippen LogP contribution in [0, 0.1) is 6.92 Å². The SMILES string of the molecule is Cc1cnc2cccc(NC3CCNC3)c2c1. The minimum absolute atomic E-state index is 0.543. The number of nitrogens with one attached hydrogen (secondary N) is 2. The Morgan fingerprint density at radius 1 is 1.41 bits per heavy atom. The molecule has 1 atom stereocenters. The number of benzene rings is 1. The number of anilines is 1. The van der Waals surface area contributed by atoms with Crippen molar-refractivity contribution in [3.63, 3.8) is 0 Å². The van der Waals surface area contributed by atoms with E-state index in [0.29, 0.717) is 6.04 Å². The molecular weight excluding hydrogens is 210 g/mol. The fraction of sp³-hybridized carbons (Fsp3) is 0.357. The van der Waals surface area contributed by atoms with E-state index < -0.39 is 0 Å². The summed E-state index contributed by atoms with van der Waals surface area (Å²) in [6.45, 7) is 4.25. The Balaban J connectivity index is 1.99. The lowest BCUT2D eigenvalue weighted by molar-refractivity contribution is 0.794. The maximum absolute atomic E-state index is 4.46. The van der Waals surface area contributed by atoms with Crippen LogP contribution in [0.1, 0.15) is 12.0 Å². The third-order valence-corrected chi connectivity index (χ3v) is 3.28. The smallest absolute Gasteiger partial charge is 0.0722 e. The standard InChI is InChI=1S/C14H17N3/c1-10-7-12-13(16-8-10)3-2-4-14(12)17-11-5-6-15-9-11/h2-4,7-8,11,15,17H,5-6,9H2,1H3. The van der Waals surface area contributed by atoms with E-state index in [0.717, 1.165) is 18.6 Å². The number of fused-ring (bicyclic) bond motifs is 1. The molecule has 0 bridgehead atoms. The summed E-state index contributed by atoms with van der Waals surface area (Å²) in [5.74, 6) is 0. The highest BCUT2D eigenvalue weighted by Gasteiger charge is 2.14. The van der Waals surface area contributed by atoms with Gasteiger partial charge in [-0.05, 0) is 43.7 Å². The van der Waals surface area contributed by atoms with E-state index in [4.69, 9.17) is 0 Å². The first kappa shape index (κ1) is 10.5. The van der Waals surface area contributed by atoms with Crippen LogP contribution in [0.25, 0.3) is 10.9 Å². The molecule has 3 heteroatoms. The van der Waals surface area contributed by atoms with E-state index >= 15 is 0 Å². The summed E-state index contributed by atoms with van der Waals surface area (Å²) in [6, 6.07) is 9.01. The Morgan fingerprint density at radius 3 is 3.18 bits per heavy atom. The summed E-state index contributed by atoms with van der Waals surface area (Å²) in [6.07, 6.45) is 3.11. The van der Waals surface area contributed by atoms with Gasteiger partial charge in [-0.15, -0.1) is 0 Å². The van der Waals surface area contributed by atoms with Crippen LogP contribution in [-0.4, -0.2) is 24.1 Å². The molecule has 3 rings (SSSR count). The molecule has 0 amide bonds. The molecule has 2 heterocycles. The van der Waals surface area contributed by atoms with Gasteiger partial charge in [-0.3, -0.25) is 4.98 Å². The molecule has 88 valence electrons. The van der Waals surface area contributed by atoms with E-state index in [1.54, 1.807) is 0 Å². The highest BCUT2D eigenvalue weighted by atomic mass is 15.0. The molecule has 1 aliphatic heterocycles. The minimum Gasteiger partial charge on any atom is -0.380 e. The maximum atomic E-state index is 4.46. The van der Waals surface area contributed by atoms with Crippen molar-refractivity contribution in [2.45, 2.75) is 19.4 Å². The van der Waals surface area contributed by atoms with Crippen molar-refractivity contribution in [3.05, 3.63) is 36.0 Å². The molecule has 0 radical (unpaired) electrons. The highest BCUT2D eigenvalue weighted by molar-refractivity contribution is 5.91. The van der Waals surface area contributed by atoms with Crippen molar-refractivity contribution >= 4 is 16.6 Å². The van der Waals surface area contributed by atoms with E-state index in [9.17, 15) is 0 Å². The molecule has 17 heavy (non-hydrogen) atoms. The van der Waals surface area contributed by atoms with Gasteiger partial charge in [0, 0.05) is 29.9 Å². The molecule has 0 saturated carbocycles. The third-order valence-electron chi connectivity index (χ3n) is 3.28. The number of hydrogen-bond donors (Lipinski definition) is 2. The monoisotopic (exact) mass is 227 g/mol. The maximum Gasteiger partial charge on any atom is 0.0722 e. The van der Waals surface area contributed by atoms with Gasteiger partial charge in [-0.2, -0.15) is 0 Å². The van der Waals surface area contributed by atoms with Gasteiger partial charge in [0.05, 0.1) is 5.52 Å². The zero-order valence-corrected chi connectivity index (χ0v) is 10.0. The Labute approximate surface area is 101 Å². The summed E-state index contributed by atoms with van der Waals surface area (Å²) < 4.78 is 0. The molecule has 2 aromatic rings. The summed E-state index contributed by atoms with van der Waals surface area (Å²) in [4.78, 5) is 4.46. The Morgan fingerprint density at radius 2 is 2.35 bits per heavy atom. The largest absolute Gasteiger partial charge is 0.380 e. The third kappa shape index (κ3) is 2.11. The molecule has 1 aliphatic rings. The van der Waals surface area contributed by atoms with Crippen molar-refractivity contribution in [3.8, 4) is 0 Å². The van der Waals surface area contributed by atoms with Crippen LogP contribution >= 0.6 is 0 Å². The van der Waals surface area contributed by atoms with Gasteiger partial charge in [0.25, 0.3) is 0 Å². The van der Waals surface area contributed by atoms with Crippen molar-refractivity contribution in [1.82, 2.24) is 10.3 Å².